The lowest BCUT2D eigenvalue weighted by Gasteiger charge is -2.17. The lowest BCUT2D eigenvalue weighted by Crippen LogP contribution is -2.02. The van der Waals surface area contributed by atoms with E-state index in [4.69, 9.17) is 9.47 Å². The highest BCUT2D eigenvalue weighted by Crippen LogP contribution is 2.44. The Hall–Kier alpha value is -1.97. The molecule has 3 rings (SSSR count). The van der Waals surface area contributed by atoms with Crippen molar-refractivity contribution in [2.24, 2.45) is 0 Å². The molecule has 0 spiro atoms. The third kappa shape index (κ3) is 4.11. The van der Waals surface area contributed by atoms with Crippen LogP contribution < -0.4 is 4.74 Å². The molecule has 0 unspecified atom stereocenters. The summed E-state index contributed by atoms with van der Waals surface area (Å²) in [6.07, 6.45) is 4.55. The molecule has 0 amide bonds. The molecule has 0 saturated carbocycles. The zero-order valence-electron chi connectivity index (χ0n) is 15.2. The number of hydrogen-bond acceptors (Lipinski definition) is 4. The van der Waals surface area contributed by atoms with Gasteiger partial charge in [0.1, 0.15) is 5.75 Å². The number of benzene rings is 1. The highest BCUT2D eigenvalue weighted by molar-refractivity contribution is 5.51. The van der Waals surface area contributed by atoms with Gasteiger partial charge in [-0.15, -0.1) is 0 Å². The van der Waals surface area contributed by atoms with Gasteiger partial charge < -0.3 is 14.2 Å². The number of carbonyl (C=O) groups is 1. The molecule has 2 aliphatic rings. The highest BCUT2D eigenvalue weighted by atomic mass is 16.5. The second-order valence-electron chi connectivity index (χ2n) is 6.33. The Kier molecular flexibility index (Phi) is 6.71. The quantitative estimate of drug-likeness (QED) is 0.600. The van der Waals surface area contributed by atoms with Crippen LogP contribution in [0.1, 0.15) is 56.2 Å². The van der Waals surface area contributed by atoms with E-state index < -0.39 is 0 Å². The molecule has 0 fully saturated rings. The minimum absolute atomic E-state index is 0.431. The first kappa shape index (κ1) is 18.4. The Morgan fingerprint density at radius 1 is 1.33 bits per heavy atom. The number of methoxy groups -OCH3 is 1. The topological polar surface area (TPSA) is 44.8 Å². The van der Waals surface area contributed by atoms with Crippen LogP contribution in [-0.4, -0.2) is 26.8 Å². The molecule has 4 nitrogen and oxygen atoms in total. The smallest absolute Gasteiger partial charge is 0.293 e. The fraction of sp³-hybridized carbons (Fsp3) is 0.550. The van der Waals surface area contributed by atoms with Crippen LogP contribution >= 0.6 is 0 Å². The Bertz CT molecular complexity index is 600. The normalized spacial score (nSPS) is 16.9. The van der Waals surface area contributed by atoms with Crippen molar-refractivity contribution in [2.45, 2.75) is 52.4 Å². The van der Waals surface area contributed by atoms with Gasteiger partial charge in [0, 0.05) is 18.4 Å². The molecule has 0 aromatic heterocycles. The molecule has 0 radical (unpaired) electrons. The van der Waals surface area contributed by atoms with Crippen LogP contribution in [0.3, 0.4) is 0 Å². The monoisotopic (exact) mass is 332 g/mol. The molecule has 1 aliphatic heterocycles. The number of aryl methyl sites for hydroxylation is 1. The maximum absolute atomic E-state index is 9.18. The van der Waals surface area contributed by atoms with Gasteiger partial charge >= 0.3 is 0 Å². The number of allylic oxidation sites excluding steroid dienone is 2. The van der Waals surface area contributed by atoms with E-state index in [2.05, 4.69) is 30.7 Å². The van der Waals surface area contributed by atoms with E-state index in [0.717, 1.165) is 31.0 Å². The van der Waals surface area contributed by atoms with Gasteiger partial charge in [-0.05, 0) is 62.3 Å². The van der Waals surface area contributed by atoms with Gasteiger partial charge in [0.15, 0.2) is 0 Å². The molecule has 0 bridgehead atoms. The first-order chi connectivity index (χ1) is 11.6. The van der Waals surface area contributed by atoms with Crippen LogP contribution in [0, 0.1) is 0 Å². The van der Waals surface area contributed by atoms with Crippen LogP contribution in [0.4, 0.5) is 0 Å². The van der Waals surface area contributed by atoms with Crippen molar-refractivity contribution >= 4 is 6.47 Å². The van der Waals surface area contributed by atoms with E-state index in [1.165, 1.54) is 29.5 Å². The van der Waals surface area contributed by atoms with Gasteiger partial charge in [0.25, 0.3) is 6.47 Å². The molecule has 24 heavy (non-hydrogen) atoms. The van der Waals surface area contributed by atoms with Gasteiger partial charge in [-0.1, -0.05) is 6.07 Å². The summed E-state index contributed by atoms with van der Waals surface area (Å²) in [5, 5.41) is 0. The predicted molar refractivity (Wildman–Crippen MR) is 94.4 cm³/mol. The van der Waals surface area contributed by atoms with Gasteiger partial charge in [0.2, 0.25) is 0 Å². The Morgan fingerprint density at radius 2 is 2.12 bits per heavy atom. The number of rotatable bonds is 5. The third-order valence-electron chi connectivity index (χ3n) is 4.65. The molecule has 1 heterocycles. The summed E-state index contributed by atoms with van der Waals surface area (Å²) in [7, 11) is 1.79. The lowest BCUT2D eigenvalue weighted by molar-refractivity contribution is -0.128. The molecule has 1 atom stereocenters. The summed E-state index contributed by atoms with van der Waals surface area (Å²) in [6.45, 7) is 7.77. The summed E-state index contributed by atoms with van der Waals surface area (Å²) in [5.74, 6) is 2.87. The molecular weight excluding hydrogens is 304 g/mol. The van der Waals surface area contributed by atoms with Crippen molar-refractivity contribution < 1.29 is 19.0 Å². The van der Waals surface area contributed by atoms with Crippen molar-refractivity contribution in [1.29, 1.82) is 0 Å². The van der Waals surface area contributed by atoms with Crippen molar-refractivity contribution in [3.8, 4) is 5.75 Å². The molecular formula is C20H28O4. The standard InChI is InChI=1S/C17H22O2.C3H6O2/c1-11(2)16(18-3)10-13-5-4-12-6-7-15-14(17(12)13)8-9-19-15;1-2-5-3-4/h6-7,13H,4-5,8-10H2,1-3H3;3H,2H2,1H3/t13-;/m0./s1. The minimum atomic E-state index is 0.431. The van der Waals surface area contributed by atoms with Crippen molar-refractivity contribution in [3.05, 3.63) is 40.2 Å². The van der Waals surface area contributed by atoms with Crippen LogP contribution in [-0.2, 0) is 27.1 Å². The first-order valence-electron chi connectivity index (χ1n) is 8.65. The number of carbonyl (C=O) groups excluding carboxylic acids is 1. The van der Waals surface area contributed by atoms with E-state index in [9.17, 15) is 4.79 Å². The van der Waals surface area contributed by atoms with Crippen LogP contribution in [0.15, 0.2) is 23.5 Å². The van der Waals surface area contributed by atoms with Gasteiger partial charge in [0.05, 0.1) is 26.1 Å². The Morgan fingerprint density at radius 3 is 2.71 bits per heavy atom. The van der Waals surface area contributed by atoms with Crippen molar-refractivity contribution in [2.75, 3.05) is 20.3 Å². The Balaban J connectivity index is 0.000000368. The highest BCUT2D eigenvalue weighted by Gasteiger charge is 2.30. The molecule has 0 N–H and O–H groups in total. The SMILES string of the molecule is CCOC=O.COC(C[C@@H]1CCc2ccc3c(c21)CCO3)=C(C)C. The van der Waals surface area contributed by atoms with E-state index >= 15 is 0 Å². The molecule has 0 saturated heterocycles. The molecule has 1 aromatic carbocycles. The molecule has 1 aliphatic carbocycles. The van der Waals surface area contributed by atoms with Crippen molar-refractivity contribution in [1.82, 2.24) is 0 Å². The Labute approximate surface area is 144 Å². The third-order valence-corrected chi connectivity index (χ3v) is 4.65. The number of fused-ring (bicyclic) bond motifs is 3. The zero-order valence-corrected chi connectivity index (χ0v) is 15.2. The van der Waals surface area contributed by atoms with Crippen LogP contribution in [0.5, 0.6) is 5.75 Å². The van der Waals surface area contributed by atoms with E-state index in [1.54, 1.807) is 19.6 Å². The summed E-state index contributed by atoms with van der Waals surface area (Å²) < 4.78 is 15.4. The lowest BCUT2D eigenvalue weighted by atomic mass is 9.90. The number of hydrogen-bond donors (Lipinski definition) is 0. The maximum atomic E-state index is 9.18. The summed E-state index contributed by atoms with van der Waals surface area (Å²) in [5.41, 5.74) is 5.84. The minimum Gasteiger partial charge on any atom is -0.501 e. The summed E-state index contributed by atoms with van der Waals surface area (Å²) >= 11 is 0. The van der Waals surface area contributed by atoms with Crippen LogP contribution in [0.2, 0.25) is 0 Å². The summed E-state index contributed by atoms with van der Waals surface area (Å²) in [4.78, 5) is 9.18. The molecule has 132 valence electrons. The predicted octanol–water partition coefficient (Wildman–Crippen LogP) is 4.16. The van der Waals surface area contributed by atoms with Gasteiger partial charge in [-0.3, -0.25) is 4.79 Å². The van der Waals surface area contributed by atoms with Crippen LogP contribution in [0.25, 0.3) is 0 Å². The number of ether oxygens (including phenoxy) is 3. The second kappa shape index (κ2) is 8.76. The van der Waals surface area contributed by atoms with Crippen molar-refractivity contribution in [3.63, 3.8) is 0 Å². The van der Waals surface area contributed by atoms with E-state index in [-0.39, 0.29) is 0 Å². The maximum Gasteiger partial charge on any atom is 0.293 e. The molecule has 1 aromatic rings. The van der Waals surface area contributed by atoms with Gasteiger partial charge in [-0.2, -0.15) is 0 Å². The largest absolute Gasteiger partial charge is 0.501 e. The van der Waals surface area contributed by atoms with Gasteiger partial charge in [-0.25, -0.2) is 0 Å². The first-order valence-corrected chi connectivity index (χ1v) is 8.65. The van der Waals surface area contributed by atoms with E-state index in [1.807, 2.05) is 0 Å². The second-order valence-corrected chi connectivity index (χ2v) is 6.33. The summed E-state index contributed by atoms with van der Waals surface area (Å²) in [6, 6.07) is 4.41. The fourth-order valence-electron chi connectivity index (χ4n) is 3.54. The molecule has 4 heteroatoms. The van der Waals surface area contributed by atoms with E-state index in [0.29, 0.717) is 19.0 Å². The zero-order chi connectivity index (χ0) is 17.5. The fourth-order valence-corrected chi connectivity index (χ4v) is 3.54. The average molecular weight is 332 g/mol. The average Bonchev–Trinajstić information content (AvgIpc) is 3.19.